The van der Waals surface area contributed by atoms with Crippen LogP contribution in [0.5, 0.6) is 5.75 Å². The van der Waals surface area contributed by atoms with Crippen LogP contribution in [0.25, 0.3) is 0 Å². The van der Waals surface area contributed by atoms with E-state index in [2.05, 4.69) is 4.98 Å². The lowest BCUT2D eigenvalue weighted by atomic mass is 9.90. The van der Waals surface area contributed by atoms with Crippen molar-refractivity contribution in [2.75, 3.05) is 6.61 Å². The van der Waals surface area contributed by atoms with E-state index in [0.29, 0.717) is 16.5 Å². The second-order valence-electron chi connectivity index (χ2n) is 5.18. The first-order valence-corrected chi connectivity index (χ1v) is 7.64. The van der Waals surface area contributed by atoms with Crippen LogP contribution in [0.4, 0.5) is 0 Å². The highest BCUT2D eigenvalue weighted by Crippen LogP contribution is 2.29. The fraction of sp³-hybridized carbons (Fsp3) is 0.105. The Morgan fingerprint density at radius 1 is 0.913 bits per heavy atom. The van der Waals surface area contributed by atoms with Crippen LogP contribution < -0.4 is 4.74 Å². The maximum atomic E-state index is 11.3. The summed E-state index contributed by atoms with van der Waals surface area (Å²) in [5.41, 5.74) is -0.0601. The van der Waals surface area contributed by atoms with Crippen molar-refractivity contribution in [2.45, 2.75) is 5.60 Å². The summed E-state index contributed by atoms with van der Waals surface area (Å²) in [5.74, 6) is 0.639. The van der Waals surface area contributed by atoms with Crippen molar-refractivity contribution in [3.63, 3.8) is 0 Å². The molecule has 0 aliphatic heterocycles. The van der Waals surface area contributed by atoms with Crippen LogP contribution in [0.1, 0.15) is 11.3 Å². The molecule has 3 rings (SSSR count). The van der Waals surface area contributed by atoms with Crippen molar-refractivity contribution in [2.24, 2.45) is 0 Å². The SMILES string of the molecule is O[C@](COc1ccc(Cl)cc1)(c1ccccc1)c1ccccn1. The molecule has 1 N–H and O–H groups in total. The molecular weight excluding hydrogens is 310 g/mol. The Kier molecular flexibility index (Phi) is 4.60. The zero-order valence-electron chi connectivity index (χ0n) is 12.4. The zero-order chi connectivity index (χ0) is 16.1. The normalized spacial score (nSPS) is 13.3. The highest BCUT2D eigenvalue weighted by atomic mass is 35.5. The van der Waals surface area contributed by atoms with Crippen LogP contribution in [0, 0.1) is 0 Å². The number of halogens is 1. The van der Waals surface area contributed by atoms with Gasteiger partial charge in [0.25, 0.3) is 0 Å². The highest BCUT2D eigenvalue weighted by Gasteiger charge is 2.34. The summed E-state index contributed by atoms with van der Waals surface area (Å²) in [6.45, 7) is 0.0512. The third kappa shape index (κ3) is 3.52. The van der Waals surface area contributed by atoms with Crippen molar-refractivity contribution in [3.8, 4) is 5.75 Å². The predicted molar refractivity (Wildman–Crippen MR) is 90.6 cm³/mol. The number of nitrogens with zero attached hydrogens (tertiary/aromatic N) is 1. The average Bonchev–Trinajstić information content (AvgIpc) is 2.62. The Bertz CT molecular complexity index is 706. The molecule has 0 bridgehead atoms. The smallest absolute Gasteiger partial charge is 0.165 e. The molecule has 116 valence electrons. The summed E-state index contributed by atoms with van der Waals surface area (Å²) >= 11 is 5.88. The van der Waals surface area contributed by atoms with Crippen molar-refractivity contribution in [1.29, 1.82) is 0 Å². The van der Waals surface area contributed by atoms with Crippen molar-refractivity contribution >= 4 is 11.6 Å². The number of hydrogen-bond acceptors (Lipinski definition) is 3. The number of rotatable bonds is 5. The maximum Gasteiger partial charge on any atom is 0.165 e. The van der Waals surface area contributed by atoms with E-state index < -0.39 is 5.60 Å². The minimum Gasteiger partial charge on any atom is -0.490 e. The number of pyridine rings is 1. The quantitative estimate of drug-likeness (QED) is 0.769. The van der Waals surface area contributed by atoms with Gasteiger partial charge in [-0.15, -0.1) is 0 Å². The summed E-state index contributed by atoms with van der Waals surface area (Å²) in [6, 6.07) is 21.9. The minimum absolute atomic E-state index is 0.0512. The van der Waals surface area contributed by atoms with Gasteiger partial charge in [-0.25, -0.2) is 0 Å². The van der Waals surface area contributed by atoms with Gasteiger partial charge in [-0.2, -0.15) is 0 Å². The maximum absolute atomic E-state index is 11.3. The van der Waals surface area contributed by atoms with Gasteiger partial charge in [0.15, 0.2) is 5.60 Å². The molecule has 3 aromatic rings. The molecule has 2 aromatic carbocycles. The van der Waals surface area contributed by atoms with E-state index in [4.69, 9.17) is 16.3 Å². The largest absolute Gasteiger partial charge is 0.490 e. The summed E-state index contributed by atoms with van der Waals surface area (Å²) in [7, 11) is 0. The van der Waals surface area contributed by atoms with Crippen LogP contribution in [-0.4, -0.2) is 16.7 Å². The highest BCUT2D eigenvalue weighted by molar-refractivity contribution is 6.30. The molecule has 0 saturated carbocycles. The second kappa shape index (κ2) is 6.82. The fourth-order valence-electron chi connectivity index (χ4n) is 2.35. The number of benzene rings is 2. The molecule has 0 aliphatic carbocycles. The Balaban J connectivity index is 1.91. The topological polar surface area (TPSA) is 42.4 Å². The molecule has 0 saturated heterocycles. The van der Waals surface area contributed by atoms with Gasteiger partial charge < -0.3 is 9.84 Å². The molecule has 0 spiro atoms. The number of aromatic nitrogens is 1. The van der Waals surface area contributed by atoms with Crippen molar-refractivity contribution in [1.82, 2.24) is 4.98 Å². The predicted octanol–water partition coefficient (Wildman–Crippen LogP) is 4.05. The van der Waals surface area contributed by atoms with E-state index >= 15 is 0 Å². The molecule has 1 aromatic heterocycles. The molecule has 3 nitrogen and oxygen atoms in total. The van der Waals surface area contributed by atoms with Crippen LogP contribution in [0.2, 0.25) is 5.02 Å². The lowest BCUT2D eigenvalue weighted by Gasteiger charge is -2.28. The van der Waals surface area contributed by atoms with Gasteiger partial charge in [-0.3, -0.25) is 4.98 Å². The standard InChI is InChI=1S/C19H16ClNO2/c20-16-9-11-17(12-10-16)23-14-19(22,15-6-2-1-3-7-15)18-8-4-5-13-21-18/h1-13,22H,14H2/t19-/m1/s1. The lowest BCUT2D eigenvalue weighted by Crippen LogP contribution is -2.35. The van der Waals surface area contributed by atoms with Crippen molar-refractivity contribution in [3.05, 3.63) is 95.3 Å². The molecule has 0 fully saturated rings. The van der Waals surface area contributed by atoms with E-state index in [1.165, 1.54) is 0 Å². The molecule has 0 aliphatic rings. The first kappa shape index (κ1) is 15.5. The summed E-state index contributed by atoms with van der Waals surface area (Å²) in [4.78, 5) is 4.30. The first-order chi connectivity index (χ1) is 11.2. The molecule has 0 amide bonds. The van der Waals surface area contributed by atoms with Crippen LogP contribution in [0.3, 0.4) is 0 Å². The number of hydrogen-bond donors (Lipinski definition) is 1. The zero-order valence-corrected chi connectivity index (χ0v) is 13.1. The number of aliphatic hydroxyl groups is 1. The van der Waals surface area contributed by atoms with E-state index in [-0.39, 0.29) is 6.61 Å². The molecular formula is C19H16ClNO2. The van der Waals surface area contributed by atoms with Crippen molar-refractivity contribution < 1.29 is 9.84 Å². The van der Waals surface area contributed by atoms with E-state index in [1.807, 2.05) is 42.5 Å². The molecule has 23 heavy (non-hydrogen) atoms. The van der Waals surface area contributed by atoms with Gasteiger partial charge in [0.1, 0.15) is 12.4 Å². The minimum atomic E-state index is -1.33. The molecule has 1 heterocycles. The van der Waals surface area contributed by atoms with Gasteiger partial charge >= 0.3 is 0 Å². The Morgan fingerprint density at radius 3 is 2.26 bits per heavy atom. The van der Waals surface area contributed by atoms with Gasteiger partial charge in [0, 0.05) is 11.2 Å². The number of ether oxygens (including phenoxy) is 1. The second-order valence-corrected chi connectivity index (χ2v) is 5.62. The molecule has 0 unspecified atom stereocenters. The summed E-state index contributed by atoms with van der Waals surface area (Å²) in [5, 5.41) is 11.9. The van der Waals surface area contributed by atoms with E-state index in [9.17, 15) is 5.11 Å². The monoisotopic (exact) mass is 325 g/mol. The Morgan fingerprint density at radius 2 is 1.61 bits per heavy atom. The van der Waals surface area contributed by atoms with Gasteiger partial charge in [0.2, 0.25) is 0 Å². The Hall–Kier alpha value is -2.36. The molecule has 4 heteroatoms. The van der Waals surface area contributed by atoms with Gasteiger partial charge in [0.05, 0.1) is 5.69 Å². The Labute approximate surface area is 140 Å². The summed E-state index contributed by atoms with van der Waals surface area (Å²) in [6.07, 6.45) is 1.66. The third-order valence-corrected chi connectivity index (χ3v) is 3.85. The summed E-state index contributed by atoms with van der Waals surface area (Å²) < 4.78 is 5.79. The molecule has 1 atom stereocenters. The van der Waals surface area contributed by atoms with Crippen LogP contribution in [-0.2, 0) is 5.60 Å². The van der Waals surface area contributed by atoms with Gasteiger partial charge in [-0.1, -0.05) is 48.0 Å². The van der Waals surface area contributed by atoms with Gasteiger partial charge in [-0.05, 0) is 42.0 Å². The van der Waals surface area contributed by atoms with E-state index in [0.717, 1.165) is 5.56 Å². The van der Waals surface area contributed by atoms with Crippen LogP contribution >= 0.6 is 11.6 Å². The fourth-order valence-corrected chi connectivity index (χ4v) is 2.47. The average molecular weight is 326 g/mol. The first-order valence-electron chi connectivity index (χ1n) is 7.26. The molecule has 0 radical (unpaired) electrons. The third-order valence-electron chi connectivity index (χ3n) is 3.60. The van der Waals surface area contributed by atoms with E-state index in [1.54, 1.807) is 36.5 Å². The lowest BCUT2D eigenvalue weighted by molar-refractivity contribution is 0.0239. The van der Waals surface area contributed by atoms with Crippen LogP contribution in [0.15, 0.2) is 79.0 Å².